The van der Waals surface area contributed by atoms with Gasteiger partial charge in [0.1, 0.15) is 0 Å². The van der Waals surface area contributed by atoms with Crippen LogP contribution < -0.4 is 0 Å². The van der Waals surface area contributed by atoms with E-state index in [2.05, 4.69) is 26.1 Å². The predicted octanol–water partition coefficient (Wildman–Crippen LogP) is 5.96. The van der Waals surface area contributed by atoms with Crippen LogP contribution in [0.2, 0.25) is 0 Å². The van der Waals surface area contributed by atoms with Crippen LogP contribution in [0, 0.1) is 0 Å². The Morgan fingerprint density at radius 3 is 1.50 bits per heavy atom. The van der Waals surface area contributed by atoms with Crippen molar-refractivity contribution in [2.24, 2.45) is 0 Å². The smallest absolute Gasteiger partial charge is 1.00 e. The van der Waals surface area contributed by atoms with Gasteiger partial charge in [0.2, 0.25) is 5.69 Å². The van der Waals surface area contributed by atoms with Crippen molar-refractivity contribution in [3.05, 3.63) is 0 Å². The van der Waals surface area contributed by atoms with Crippen molar-refractivity contribution >= 4 is 78.6 Å². The third kappa shape index (κ3) is 18.5. The van der Waals surface area contributed by atoms with Crippen LogP contribution in [-0.2, 0) is 20.9 Å². The Hall–Kier alpha value is 2.49. The number of thiol groups is 1. The molecule has 0 saturated carbocycles. The van der Waals surface area contributed by atoms with Gasteiger partial charge in [0.15, 0.2) is 0 Å². The maximum absolute atomic E-state index is 5.61. The van der Waals surface area contributed by atoms with E-state index in [1.807, 2.05) is 0 Å². The third-order valence-electron chi connectivity index (χ3n) is 3.00. The van der Waals surface area contributed by atoms with Crippen molar-refractivity contribution < 1.29 is 11.9 Å². The molecule has 0 unspecified atom stereocenters. The van der Waals surface area contributed by atoms with Crippen molar-refractivity contribution in [3.8, 4) is 0 Å². The summed E-state index contributed by atoms with van der Waals surface area (Å²) < 4.78 is 11.2. The second-order valence-electron chi connectivity index (χ2n) is 4.96. The zero-order valence-corrected chi connectivity index (χ0v) is 20.4. The Labute approximate surface area is 179 Å². The number of unbranched alkanes of at least 4 members (excludes halogenated alkanes) is 8. The first-order valence-electron chi connectivity index (χ1n) is 7.74. The molecule has 6 heteroatoms. The van der Waals surface area contributed by atoms with E-state index in [0.29, 0.717) is 13.2 Å². The summed E-state index contributed by atoms with van der Waals surface area (Å²) in [5.41, 5.74) is -2.28. The Morgan fingerprint density at radius 1 is 0.800 bits per heavy atom. The van der Waals surface area contributed by atoms with Gasteiger partial charge in [-0.2, -0.15) is 0 Å². The molecule has 0 rings (SSSR count). The monoisotopic (exact) mass is 466 g/mol. The first kappa shape index (κ1) is 24.7. The second kappa shape index (κ2) is 17.8. The molecule has 0 fully saturated rings. The van der Waals surface area contributed by atoms with E-state index < -0.39 is 5.69 Å². The maximum atomic E-state index is 5.61. The van der Waals surface area contributed by atoms with Crippen LogP contribution in [-0.4, -0.2) is 62.1 Å². The van der Waals surface area contributed by atoms with Crippen LogP contribution in [0.4, 0.5) is 0 Å². The zero-order chi connectivity index (χ0) is 14.4. The summed E-state index contributed by atoms with van der Waals surface area (Å²) in [5, 5.41) is 0. The maximum Gasteiger partial charge on any atom is 2.00 e. The van der Waals surface area contributed by atoms with Crippen LogP contribution >= 0.6 is 17.9 Å². The molecule has 0 bridgehead atoms. The molecule has 0 amide bonds. The normalized spacial score (nSPS) is 11.3. The number of rotatable bonds is 14. The van der Waals surface area contributed by atoms with E-state index in [1.165, 1.54) is 51.4 Å². The fourth-order valence-corrected chi connectivity index (χ4v) is 3.54. The molecule has 0 aromatic heterocycles. The first-order chi connectivity index (χ1) is 9.12. The summed E-state index contributed by atoms with van der Waals surface area (Å²) >= 11 is 9.63. The van der Waals surface area contributed by atoms with Gasteiger partial charge in [-0.25, -0.2) is 0 Å². The van der Waals surface area contributed by atoms with Gasteiger partial charge in [-0.05, 0) is 24.6 Å². The molecule has 0 radical (unpaired) electrons. The van der Waals surface area contributed by atoms with E-state index in [4.69, 9.17) is 20.9 Å². The average Bonchev–Trinajstić information content (AvgIpc) is 2.38. The van der Waals surface area contributed by atoms with E-state index in [9.17, 15) is 0 Å². The molecular weight excluding hydrogens is 433 g/mol. The van der Waals surface area contributed by atoms with Crippen molar-refractivity contribution in [1.29, 1.82) is 0 Å². The van der Waals surface area contributed by atoms with E-state index in [1.54, 1.807) is 0 Å². The topological polar surface area (TPSA) is 18.5 Å². The van der Waals surface area contributed by atoms with Gasteiger partial charge in [-0.15, -0.1) is 0 Å². The molecule has 0 aliphatic heterocycles. The van der Waals surface area contributed by atoms with Crippen molar-refractivity contribution in [2.75, 3.05) is 13.2 Å². The van der Waals surface area contributed by atoms with Gasteiger partial charge in [0.05, 0.1) is 13.2 Å². The Bertz CT molecular complexity index is 233. The van der Waals surface area contributed by atoms with Crippen molar-refractivity contribution in [2.45, 2.75) is 78.1 Å². The van der Waals surface area contributed by atoms with Crippen LogP contribution in [0.5, 0.6) is 0 Å². The summed E-state index contributed by atoms with van der Waals surface area (Å²) in [6.45, 7) is 5.83. The summed E-state index contributed by atoms with van der Waals surface area (Å²) in [5.74, 6) is 0. The fourth-order valence-electron chi connectivity index (χ4n) is 1.81. The van der Waals surface area contributed by atoms with Crippen LogP contribution in [0.25, 0.3) is 0 Å². The van der Waals surface area contributed by atoms with E-state index in [0.717, 1.165) is 12.8 Å². The molecule has 20 heavy (non-hydrogen) atoms. The minimum absolute atomic E-state index is 0. The minimum Gasteiger partial charge on any atom is -1.00 e. The van der Waals surface area contributed by atoms with Gasteiger partial charge in [-0.3, -0.25) is 0 Å². The average molecular weight is 466 g/mol. The van der Waals surface area contributed by atoms with Gasteiger partial charge in [-0.1, -0.05) is 77.5 Å². The fraction of sp³-hybridized carbons (Fsp3) is 1.00. The number of hydrogen-bond acceptors (Lipinski definition) is 3. The van der Waals surface area contributed by atoms with Gasteiger partial charge in [0, 0.05) is 0 Å². The Morgan fingerprint density at radius 2 is 1.15 bits per heavy atom. The largest absolute Gasteiger partial charge is 2.00 e. The molecule has 0 atom stereocenters. The van der Waals surface area contributed by atoms with Crippen molar-refractivity contribution in [3.63, 3.8) is 0 Å². The molecule has 0 spiro atoms. The summed E-state index contributed by atoms with van der Waals surface area (Å²) in [6.07, 6.45) is 12.3. The molecular formula is C14H33BaO2PS2. The molecule has 0 aromatic rings. The zero-order valence-electron chi connectivity index (χ0n) is 15.3. The molecule has 0 heterocycles. The second-order valence-corrected chi connectivity index (χ2v) is 10.3. The SMILES string of the molecule is CCCCCCCOP(=S)(S)OCCCCCCC.[Ba+2].[H-].[H-]. The molecule has 0 aliphatic rings. The number of hydrogen-bond donors (Lipinski definition) is 1. The van der Waals surface area contributed by atoms with Crippen LogP contribution in [0.15, 0.2) is 0 Å². The standard InChI is InChI=1S/C14H31O2PS2.Ba.2H/c1-3-5-7-9-11-13-15-17(18,19)16-14-12-10-8-6-4-2;;;/h3-14H2,1-2H3,(H,18,19);;;/q;+2;2*-1. The first-order valence-corrected chi connectivity index (χ1v) is 11.5. The molecule has 0 saturated heterocycles. The molecule has 0 aliphatic carbocycles. The predicted molar refractivity (Wildman–Crippen MR) is 101 cm³/mol. The van der Waals surface area contributed by atoms with E-state index >= 15 is 0 Å². The van der Waals surface area contributed by atoms with E-state index in [-0.39, 0.29) is 51.7 Å². The van der Waals surface area contributed by atoms with Gasteiger partial charge >= 0.3 is 48.9 Å². The minimum atomic E-state index is -2.28. The quantitative estimate of drug-likeness (QED) is 0.148. The third-order valence-corrected chi connectivity index (χ3v) is 5.35. The molecule has 2 nitrogen and oxygen atoms in total. The Balaban J connectivity index is -0.000000540. The Kier molecular flexibility index (Phi) is 22.1. The van der Waals surface area contributed by atoms with Gasteiger partial charge in [0.25, 0.3) is 0 Å². The van der Waals surface area contributed by atoms with Crippen LogP contribution in [0.3, 0.4) is 0 Å². The van der Waals surface area contributed by atoms with Gasteiger partial charge < -0.3 is 11.9 Å². The molecule has 120 valence electrons. The summed E-state index contributed by atoms with van der Waals surface area (Å²) in [4.78, 5) is 0. The summed E-state index contributed by atoms with van der Waals surface area (Å²) in [6, 6.07) is 0. The summed E-state index contributed by atoms with van der Waals surface area (Å²) in [7, 11) is 0. The van der Waals surface area contributed by atoms with Crippen molar-refractivity contribution in [1.82, 2.24) is 0 Å². The van der Waals surface area contributed by atoms with Crippen LogP contribution in [0.1, 0.15) is 80.9 Å². The molecule has 0 aromatic carbocycles. The molecule has 0 N–H and O–H groups in total.